The molecule has 28 heavy (non-hydrogen) atoms. The van der Waals surface area contributed by atoms with Gasteiger partial charge < -0.3 is 0 Å². The average molecular weight is 397 g/mol. The minimum absolute atomic E-state index is 0.281. The summed E-state index contributed by atoms with van der Waals surface area (Å²) in [5.74, 6) is 0. The second kappa shape index (κ2) is 5.99. The van der Waals surface area contributed by atoms with Crippen molar-refractivity contribution in [3.63, 3.8) is 0 Å². The maximum Gasteiger partial charge on any atom is 0.223 e. The summed E-state index contributed by atoms with van der Waals surface area (Å²) in [6, 6.07) is 27.3. The van der Waals surface area contributed by atoms with Gasteiger partial charge in [-0.2, -0.15) is 0 Å². The van der Waals surface area contributed by atoms with Crippen molar-refractivity contribution >= 4 is 64.8 Å². The highest BCUT2D eigenvalue weighted by Crippen LogP contribution is 2.45. The zero-order valence-corrected chi connectivity index (χ0v) is 16.3. The molecular formula is C24H13ClN2S. The fraction of sp³-hybridized carbons (Fsp3) is 0. The van der Waals surface area contributed by atoms with Gasteiger partial charge in [0.25, 0.3) is 0 Å². The lowest BCUT2D eigenvalue weighted by molar-refractivity contribution is 1.24. The molecule has 0 amide bonds. The van der Waals surface area contributed by atoms with Crippen LogP contribution < -0.4 is 0 Å². The van der Waals surface area contributed by atoms with E-state index >= 15 is 0 Å². The van der Waals surface area contributed by atoms with Crippen molar-refractivity contribution in [2.45, 2.75) is 0 Å². The van der Waals surface area contributed by atoms with Crippen molar-refractivity contribution in [2.75, 3.05) is 0 Å². The van der Waals surface area contributed by atoms with Crippen LogP contribution in [0.4, 0.5) is 0 Å². The number of hydrogen-bond acceptors (Lipinski definition) is 3. The molecule has 0 spiro atoms. The molecule has 2 heterocycles. The molecule has 0 saturated heterocycles. The van der Waals surface area contributed by atoms with Crippen molar-refractivity contribution in [3.05, 3.63) is 84.1 Å². The van der Waals surface area contributed by atoms with Crippen LogP contribution in [0.2, 0.25) is 5.28 Å². The third kappa shape index (κ3) is 2.21. The van der Waals surface area contributed by atoms with Crippen molar-refractivity contribution in [3.8, 4) is 11.3 Å². The minimum atomic E-state index is 0.281. The van der Waals surface area contributed by atoms with Gasteiger partial charge in [0.15, 0.2) is 0 Å². The molecule has 0 fully saturated rings. The van der Waals surface area contributed by atoms with Crippen LogP contribution in [0.1, 0.15) is 0 Å². The quantitative estimate of drug-likeness (QED) is 0.213. The molecule has 2 aromatic heterocycles. The smallest absolute Gasteiger partial charge is 0.216 e. The number of aromatic nitrogens is 2. The largest absolute Gasteiger partial charge is 0.223 e. The topological polar surface area (TPSA) is 25.8 Å². The Morgan fingerprint density at radius 1 is 0.607 bits per heavy atom. The Balaban J connectivity index is 1.91. The molecule has 0 aliphatic rings. The van der Waals surface area contributed by atoms with Crippen molar-refractivity contribution < 1.29 is 0 Å². The summed E-state index contributed by atoms with van der Waals surface area (Å²) >= 11 is 8.14. The molecule has 0 N–H and O–H groups in total. The molecule has 0 atom stereocenters. The number of nitrogens with zero attached hydrogens (tertiary/aromatic N) is 2. The van der Waals surface area contributed by atoms with Crippen LogP contribution in [-0.4, -0.2) is 9.97 Å². The van der Waals surface area contributed by atoms with Gasteiger partial charge in [-0.15, -0.1) is 11.3 Å². The molecule has 0 unspecified atom stereocenters. The number of benzene rings is 4. The van der Waals surface area contributed by atoms with Crippen LogP contribution in [0.5, 0.6) is 0 Å². The van der Waals surface area contributed by atoms with Gasteiger partial charge in [-0.25, -0.2) is 9.97 Å². The molecule has 4 aromatic carbocycles. The highest BCUT2D eigenvalue weighted by molar-refractivity contribution is 7.27. The average Bonchev–Trinajstić information content (AvgIpc) is 3.14. The summed E-state index contributed by atoms with van der Waals surface area (Å²) in [5, 5.41) is 6.39. The molecule has 0 bridgehead atoms. The number of rotatable bonds is 1. The van der Waals surface area contributed by atoms with Crippen LogP contribution in [-0.2, 0) is 0 Å². The van der Waals surface area contributed by atoms with Gasteiger partial charge in [0.1, 0.15) is 0 Å². The first-order chi connectivity index (χ1) is 13.8. The van der Waals surface area contributed by atoms with Crippen LogP contribution in [0.25, 0.3) is 53.1 Å². The van der Waals surface area contributed by atoms with Gasteiger partial charge in [-0.1, -0.05) is 78.9 Å². The summed E-state index contributed by atoms with van der Waals surface area (Å²) in [5.41, 5.74) is 2.88. The third-order valence-electron chi connectivity index (χ3n) is 5.21. The number of halogens is 1. The summed E-state index contributed by atoms with van der Waals surface area (Å²) in [4.78, 5) is 9.26. The van der Waals surface area contributed by atoms with Crippen LogP contribution >= 0.6 is 22.9 Å². The van der Waals surface area contributed by atoms with E-state index in [1.165, 1.54) is 26.2 Å². The summed E-state index contributed by atoms with van der Waals surface area (Å²) in [6.45, 7) is 0. The zero-order valence-electron chi connectivity index (χ0n) is 14.7. The Hall–Kier alpha value is -3.01. The SMILES string of the molecule is Clc1nc(-c2ccccc2)c2sc3c4ccccc4c4ccccc4c3c2n1. The Bertz CT molecular complexity index is 1520. The van der Waals surface area contributed by atoms with Gasteiger partial charge in [0, 0.05) is 21.0 Å². The van der Waals surface area contributed by atoms with E-state index in [1.807, 2.05) is 18.2 Å². The van der Waals surface area contributed by atoms with Crippen molar-refractivity contribution in [1.82, 2.24) is 9.97 Å². The highest BCUT2D eigenvalue weighted by Gasteiger charge is 2.19. The molecule has 2 nitrogen and oxygen atoms in total. The third-order valence-corrected chi connectivity index (χ3v) is 6.60. The molecular weight excluding hydrogens is 384 g/mol. The maximum atomic E-state index is 6.38. The van der Waals surface area contributed by atoms with Gasteiger partial charge in [-0.3, -0.25) is 0 Å². The second-order valence-corrected chi connectivity index (χ2v) is 8.14. The van der Waals surface area contributed by atoms with E-state index in [0.29, 0.717) is 0 Å². The molecule has 132 valence electrons. The van der Waals surface area contributed by atoms with E-state index in [0.717, 1.165) is 26.9 Å². The Kier molecular flexibility index (Phi) is 3.42. The summed E-state index contributed by atoms with van der Waals surface area (Å²) < 4.78 is 2.31. The first-order valence-corrected chi connectivity index (χ1v) is 10.3. The monoisotopic (exact) mass is 396 g/mol. The van der Waals surface area contributed by atoms with E-state index in [9.17, 15) is 0 Å². The first-order valence-electron chi connectivity index (χ1n) is 9.06. The Morgan fingerprint density at radius 2 is 1.21 bits per heavy atom. The standard InChI is InChI=1S/C24H13ClN2S/c25-24-26-20(14-8-2-1-3-9-14)23-21(27-24)19-17-12-6-4-10-15(17)16-11-5-7-13-18(16)22(19)28-23/h1-13H. The van der Waals surface area contributed by atoms with Gasteiger partial charge >= 0.3 is 0 Å². The number of thiophene rings is 1. The van der Waals surface area contributed by atoms with Gasteiger partial charge in [0.05, 0.1) is 15.9 Å². The predicted octanol–water partition coefficient (Wildman–Crippen LogP) is 7.47. The highest BCUT2D eigenvalue weighted by atomic mass is 35.5. The normalized spacial score (nSPS) is 11.8. The Morgan fingerprint density at radius 3 is 1.96 bits per heavy atom. The second-order valence-electron chi connectivity index (χ2n) is 6.78. The minimum Gasteiger partial charge on any atom is -0.216 e. The van der Waals surface area contributed by atoms with E-state index < -0.39 is 0 Å². The molecule has 4 heteroatoms. The molecule has 0 aliphatic carbocycles. The Labute approximate surface area is 170 Å². The number of hydrogen-bond donors (Lipinski definition) is 0. The van der Waals surface area contributed by atoms with Gasteiger partial charge in [0.2, 0.25) is 5.28 Å². The van der Waals surface area contributed by atoms with Crippen molar-refractivity contribution in [1.29, 1.82) is 0 Å². The molecule has 0 saturated carbocycles. The fourth-order valence-corrected chi connectivity index (χ4v) is 5.51. The van der Waals surface area contributed by atoms with Crippen LogP contribution in [0, 0.1) is 0 Å². The van der Waals surface area contributed by atoms with E-state index in [1.54, 1.807) is 11.3 Å². The molecule has 6 rings (SSSR count). The first kappa shape index (κ1) is 16.0. The molecule has 0 radical (unpaired) electrons. The van der Waals surface area contributed by atoms with E-state index in [2.05, 4.69) is 70.6 Å². The fourth-order valence-electron chi connectivity index (χ4n) is 4.03. The molecule has 6 aromatic rings. The maximum absolute atomic E-state index is 6.38. The van der Waals surface area contributed by atoms with Gasteiger partial charge in [-0.05, 0) is 27.8 Å². The van der Waals surface area contributed by atoms with Crippen LogP contribution in [0.3, 0.4) is 0 Å². The summed E-state index contributed by atoms with van der Waals surface area (Å²) in [6.07, 6.45) is 0. The lowest BCUT2D eigenvalue weighted by Crippen LogP contribution is -1.88. The zero-order chi connectivity index (χ0) is 18.7. The summed E-state index contributed by atoms with van der Waals surface area (Å²) in [7, 11) is 0. The lowest BCUT2D eigenvalue weighted by atomic mass is 9.98. The molecule has 0 aliphatic heterocycles. The van der Waals surface area contributed by atoms with Crippen molar-refractivity contribution in [2.24, 2.45) is 0 Å². The van der Waals surface area contributed by atoms with E-state index in [-0.39, 0.29) is 5.28 Å². The van der Waals surface area contributed by atoms with E-state index in [4.69, 9.17) is 11.6 Å². The number of fused-ring (bicyclic) bond motifs is 8. The predicted molar refractivity (Wildman–Crippen MR) is 120 cm³/mol. The van der Waals surface area contributed by atoms with Crippen LogP contribution in [0.15, 0.2) is 78.9 Å². The lowest BCUT2D eigenvalue weighted by Gasteiger charge is -2.07.